The molecule has 6 nitrogen and oxygen atoms in total. The number of H-pyrrole nitrogens is 1. The van der Waals surface area contributed by atoms with Crippen LogP contribution >= 0.6 is 0 Å². The highest BCUT2D eigenvalue weighted by Gasteiger charge is 2.05. The number of aromatic nitrogens is 3. The highest BCUT2D eigenvalue weighted by Crippen LogP contribution is 2.15. The SMILES string of the molecule is C=CS(=O)(=O)Nc1ccc2n[nH]nc2c1. The van der Waals surface area contributed by atoms with E-state index in [1.54, 1.807) is 18.2 Å². The Bertz CT molecular complexity index is 602. The summed E-state index contributed by atoms with van der Waals surface area (Å²) in [4.78, 5) is 0. The number of anilines is 1. The van der Waals surface area contributed by atoms with E-state index in [1.807, 2.05) is 0 Å². The summed E-state index contributed by atoms with van der Waals surface area (Å²) in [6, 6.07) is 4.85. The van der Waals surface area contributed by atoms with Crippen molar-refractivity contribution in [2.45, 2.75) is 0 Å². The van der Waals surface area contributed by atoms with Crippen molar-refractivity contribution in [3.8, 4) is 0 Å². The molecule has 15 heavy (non-hydrogen) atoms. The molecule has 0 spiro atoms. The smallest absolute Gasteiger partial charge is 0.254 e. The van der Waals surface area contributed by atoms with Crippen LogP contribution in [0.1, 0.15) is 0 Å². The molecule has 1 heterocycles. The average molecular weight is 224 g/mol. The Hall–Kier alpha value is -1.89. The Labute approximate surface area is 86.0 Å². The average Bonchev–Trinajstić information content (AvgIpc) is 2.64. The minimum atomic E-state index is -3.47. The lowest BCUT2D eigenvalue weighted by Gasteiger charge is -2.02. The zero-order chi connectivity index (χ0) is 10.9. The van der Waals surface area contributed by atoms with Crippen molar-refractivity contribution in [3.63, 3.8) is 0 Å². The normalized spacial score (nSPS) is 11.5. The number of fused-ring (bicyclic) bond motifs is 1. The van der Waals surface area contributed by atoms with Crippen molar-refractivity contribution in [1.82, 2.24) is 15.4 Å². The molecule has 0 amide bonds. The second-order valence-electron chi connectivity index (χ2n) is 2.84. The van der Waals surface area contributed by atoms with Gasteiger partial charge < -0.3 is 0 Å². The van der Waals surface area contributed by atoms with Gasteiger partial charge in [0, 0.05) is 5.41 Å². The molecule has 0 aliphatic rings. The molecule has 0 aliphatic heterocycles. The van der Waals surface area contributed by atoms with Gasteiger partial charge >= 0.3 is 0 Å². The Morgan fingerprint density at radius 3 is 2.80 bits per heavy atom. The fourth-order valence-electron chi connectivity index (χ4n) is 1.11. The minimum absolute atomic E-state index is 0.427. The van der Waals surface area contributed by atoms with Gasteiger partial charge in [-0.2, -0.15) is 15.4 Å². The van der Waals surface area contributed by atoms with Gasteiger partial charge in [0.15, 0.2) is 0 Å². The maximum atomic E-state index is 11.2. The third kappa shape index (κ3) is 1.96. The Morgan fingerprint density at radius 1 is 1.33 bits per heavy atom. The Kier molecular flexibility index (Phi) is 2.16. The number of hydrogen-bond acceptors (Lipinski definition) is 4. The molecule has 1 aromatic heterocycles. The van der Waals surface area contributed by atoms with E-state index >= 15 is 0 Å². The highest BCUT2D eigenvalue weighted by atomic mass is 32.2. The summed E-state index contributed by atoms with van der Waals surface area (Å²) in [6.45, 7) is 3.20. The quantitative estimate of drug-likeness (QED) is 0.808. The Balaban J connectivity index is 2.41. The second-order valence-corrected chi connectivity index (χ2v) is 4.47. The van der Waals surface area contributed by atoms with Crippen molar-refractivity contribution in [2.75, 3.05) is 4.72 Å². The molecular weight excluding hydrogens is 216 g/mol. The van der Waals surface area contributed by atoms with Crippen LogP contribution in [0.3, 0.4) is 0 Å². The molecule has 78 valence electrons. The number of nitrogens with one attached hydrogen (secondary N) is 2. The number of hydrogen-bond donors (Lipinski definition) is 2. The zero-order valence-electron chi connectivity index (χ0n) is 7.64. The summed E-state index contributed by atoms with van der Waals surface area (Å²) in [5, 5.41) is 11.0. The van der Waals surface area contributed by atoms with Gasteiger partial charge in [0.25, 0.3) is 10.0 Å². The maximum absolute atomic E-state index is 11.2. The van der Waals surface area contributed by atoms with Crippen LogP contribution in [0.4, 0.5) is 5.69 Å². The van der Waals surface area contributed by atoms with Crippen molar-refractivity contribution in [3.05, 3.63) is 30.2 Å². The van der Waals surface area contributed by atoms with Gasteiger partial charge in [0.2, 0.25) is 0 Å². The Morgan fingerprint density at radius 2 is 2.07 bits per heavy atom. The molecule has 0 saturated carbocycles. The van der Waals surface area contributed by atoms with Crippen molar-refractivity contribution in [2.24, 2.45) is 0 Å². The van der Waals surface area contributed by atoms with Crippen LogP contribution in [-0.4, -0.2) is 23.8 Å². The summed E-state index contributed by atoms with van der Waals surface area (Å²) in [5.74, 6) is 0. The summed E-state index contributed by atoms with van der Waals surface area (Å²) >= 11 is 0. The molecule has 7 heteroatoms. The lowest BCUT2D eigenvalue weighted by Crippen LogP contribution is -2.08. The van der Waals surface area contributed by atoms with Crippen LogP contribution in [-0.2, 0) is 10.0 Å². The van der Waals surface area contributed by atoms with E-state index in [4.69, 9.17) is 0 Å². The molecule has 0 saturated heterocycles. The van der Waals surface area contributed by atoms with Crippen LogP contribution < -0.4 is 4.72 Å². The van der Waals surface area contributed by atoms with Gasteiger partial charge in [0.05, 0.1) is 5.69 Å². The topological polar surface area (TPSA) is 87.7 Å². The first-order valence-corrected chi connectivity index (χ1v) is 5.61. The highest BCUT2D eigenvalue weighted by molar-refractivity contribution is 7.95. The number of benzene rings is 1. The number of sulfonamides is 1. The van der Waals surface area contributed by atoms with Crippen LogP contribution in [0.2, 0.25) is 0 Å². The molecule has 0 aliphatic carbocycles. The fourth-order valence-corrected chi connectivity index (χ4v) is 1.65. The molecule has 2 N–H and O–H groups in total. The first-order chi connectivity index (χ1) is 7.11. The number of nitrogens with zero attached hydrogens (tertiary/aromatic N) is 2. The van der Waals surface area contributed by atoms with Crippen LogP contribution in [0.15, 0.2) is 30.2 Å². The van der Waals surface area contributed by atoms with Gasteiger partial charge in [-0.05, 0) is 18.2 Å². The first-order valence-electron chi connectivity index (χ1n) is 4.06. The van der Waals surface area contributed by atoms with E-state index in [2.05, 4.69) is 26.7 Å². The monoisotopic (exact) mass is 224 g/mol. The second kappa shape index (κ2) is 3.35. The molecule has 0 radical (unpaired) electrons. The van der Waals surface area contributed by atoms with Crippen LogP contribution in [0.25, 0.3) is 11.0 Å². The standard InChI is InChI=1S/C8H8N4O2S/c1-2-15(13,14)11-6-3-4-7-8(5-6)10-12-9-7/h2-5,11H,1H2,(H,9,10,12). The summed E-state index contributed by atoms with van der Waals surface area (Å²) in [5.41, 5.74) is 1.70. The number of aromatic amines is 1. The predicted octanol–water partition coefficient (Wildman–Crippen LogP) is 0.843. The molecule has 0 atom stereocenters. The minimum Gasteiger partial charge on any atom is -0.280 e. The van der Waals surface area contributed by atoms with Crippen molar-refractivity contribution >= 4 is 26.7 Å². The van der Waals surface area contributed by atoms with Gasteiger partial charge in [-0.15, -0.1) is 0 Å². The molecule has 1 aromatic carbocycles. The lowest BCUT2D eigenvalue weighted by atomic mass is 10.3. The van der Waals surface area contributed by atoms with Crippen molar-refractivity contribution in [1.29, 1.82) is 0 Å². The van der Waals surface area contributed by atoms with E-state index < -0.39 is 10.0 Å². The van der Waals surface area contributed by atoms with Gasteiger partial charge in [-0.25, -0.2) is 8.42 Å². The van der Waals surface area contributed by atoms with E-state index in [0.717, 1.165) is 5.41 Å². The molecule has 2 rings (SSSR count). The zero-order valence-corrected chi connectivity index (χ0v) is 8.45. The third-order valence-corrected chi connectivity index (χ3v) is 2.75. The molecule has 0 fully saturated rings. The summed E-state index contributed by atoms with van der Waals surface area (Å²) < 4.78 is 24.7. The van der Waals surface area contributed by atoms with E-state index in [1.165, 1.54) is 0 Å². The summed E-state index contributed by atoms with van der Waals surface area (Å²) in [6.07, 6.45) is 0. The fraction of sp³-hybridized carbons (Fsp3) is 0. The molecular formula is C8H8N4O2S. The van der Waals surface area contributed by atoms with Crippen LogP contribution in [0, 0.1) is 0 Å². The van der Waals surface area contributed by atoms with Crippen molar-refractivity contribution < 1.29 is 8.42 Å². The third-order valence-electron chi connectivity index (χ3n) is 1.80. The van der Waals surface area contributed by atoms with Gasteiger partial charge in [-0.1, -0.05) is 6.58 Å². The van der Waals surface area contributed by atoms with E-state index in [-0.39, 0.29) is 0 Å². The van der Waals surface area contributed by atoms with E-state index in [0.29, 0.717) is 16.7 Å². The first kappa shape index (κ1) is 9.66. The predicted molar refractivity (Wildman–Crippen MR) is 56.6 cm³/mol. The molecule has 0 unspecified atom stereocenters. The maximum Gasteiger partial charge on any atom is 0.254 e. The lowest BCUT2D eigenvalue weighted by molar-refractivity contribution is 0.609. The largest absolute Gasteiger partial charge is 0.280 e. The van der Waals surface area contributed by atoms with Crippen LogP contribution in [0.5, 0.6) is 0 Å². The summed E-state index contributed by atoms with van der Waals surface area (Å²) in [7, 11) is -3.47. The van der Waals surface area contributed by atoms with E-state index in [9.17, 15) is 8.42 Å². The van der Waals surface area contributed by atoms with Gasteiger partial charge in [-0.3, -0.25) is 4.72 Å². The number of rotatable bonds is 3. The molecule has 2 aromatic rings. The van der Waals surface area contributed by atoms with Gasteiger partial charge in [0.1, 0.15) is 11.0 Å². The molecule has 0 bridgehead atoms.